The van der Waals surface area contributed by atoms with E-state index < -0.39 is 32.2 Å². The summed E-state index contributed by atoms with van der Waals surface area (Å²) in [5.74, 6) is -1.60. The normalized spacial score (nSPS) is 14.2. The van der Waals surface area contributed by atoms with Crippen LogP contribution in [0.25, 0.3) is 11.0 Å². The van der Waals surface area contributed by atoms with Crippen molar-refractivity contribution in [1.29, 1.82) is 0 Å². The first-order chi connectivity index (χ1) is 16.9. The number of hydrogen-bond acceptors (Lipinski definition) is 4. The minimum atomic E-state index is -2.36. The summed E-state index contributed by atoms with van der Waals surface area (Å²) >= 11 is 2.25. The predicted octanol–water partition coefficient (Wildman–Crippen LogP) is 7.81. The fraction of sp³-hybridized carbons (Fsp3) is 0.333. The molecule has 36 heavy (non-hydrogen) atoms. The molecule has 4 aromatic rings. The summed E-state index contributed by atoms with van der Waals surface area (Å²) in [7, 11) is -2.36. The van der Waals surface area contributed by atoms with Gasteiger partial charge < -0.3 is 18.5 Å². The standard InChI is InChI=1S/C27H30FIN2O4Si/c1-27(2,3)36(4,5)35-24(19-14-17-10-13-34-23(17)15-20(19)28)16-22(18-8-6-7-9-21(18)29)31-12-11-30-25(31)26(32)33/h6-15,22,24H,16H2,1-5H3,(H,32,33)/t22-,24?/m0/s1. The maximum atomic E-state index is 15.6. The van der Waals surface area contributed by atoms with Gasteiger partial charge in [-0.25, -0.2) is 14.2 Å². The number of hydrogen-bond donors (Lipinski definition) is 1. The summed E-state index contributed by atoms with van der Waals surface area (Å²) in [6.45, 7) is 10.7. The first-order valence-corrected chi connectivity index (χ1v) is 15.7. The van der Waals surface area contributed by atoms with Crippen LogP contribution in [0.15, 0.2) is 65.5 Å². The van der Waals surface area contributed by atoms with Crippen LogP contribution in [0.4, 0.5) is 4.39 Å². The second kappa shape index (κ2) is 10.1. The molecule has 0 aliphatic carbocycles. The topological polar surface area (TPSA) is 77.5 Å². The van der Waals surface area contributed by atoms with E-state index in [0.29, 0.717) is 17.6 Å². The van der Waals surface area contributed by atoms with Crippen LogP contribution in [-0.2, 0) is 4.43 Å². The summed E-state index contributed by atoms with van der Waals surface area (Å²) in [5, 5.41) is 10.5. The highest BCUT2D eigenvalue weighted by Gasteiger charge is 2.41. The van der Waals surface area contributed by atoms with Crippen LogP contribution in [0.2, 0.25) is 18.1 Å². The largest absolute Gasteiger partial charge is 0.475 e. The van der Waals surface area contributed by atoms with Gasteiger partial charge in [-0.2, -0.15) is 0 Å². The Balaban J connectivity index is 1.88. The molecule has 0 saturated carbocycles. The van der Waals surface area contributed by atoms with Crippen molar-refractivity contribution >= 4 is 47.8 Å². The number of carboxylic acid groups (broad SMARTS) is 1. The van der Waals surface area contributed by atoms with E-state index >= 15 is 4.39 Å². The molecule has 0 spiro atoms. The van der Waals surface area contributed by atoms with E-state index in [-0.39, 0.29) is 10.9 Å². The van der Waals surface area contributed by atoms with Crippen LogP contribution in [0, 0.1) is 9.39 Å². The van der Waals surface area contributed by atoms with Gasteiger partial charge in [0.1, 0.15) is 11.4 Å². The first-order valence-electron chi connectivity index (χ1n) is 11.7. The minimum absolute atomic E-state index is 0.0727. The highest BCUT2D eigenvalue weighted by atomic mass is 127. The third-order valence-corrected chi connectivity index (χ3v) is 12.5. The van der Waals surface area contributed by atoms with Crippen LogP contribution in [0.3, 0.4) is 0 Å². The third kappa shape index (κ3) is 5.28. The summed E-state index contributed by atoms with van der Waals surface area (Å²) in [6.07, 6.45) is 4.38. The number of furan rings is 1. The van der Waals surface area contributed by atoms with Crippen molar-refractivity contribution in [2.75, 3.05) is 0 Å². The second-order valence-electron chi connectivity index (χ2n) is 10.4. The molecule has 9 heteroatoms. The second-order valence-corrected chi connectivity index (χ2v) is 16.4. The van der Waals surface area contributed by atoms with Crippen molar-refractivity contribution in [2.24, 2.45) is 0 Å². The average Bonchev–Trinajstić information content (AvgIpc) is 3.45. The quantitative estimate of drug-likeness (QED) is 0.161. The van der Waals surface area contributed by atoms with Crippen LogP contribution >= 0.6 is 22.6 Å². The van der Waals surface area contributed by atoms with Crippen molar-refractivity contribution in [3.05, 3.63) is 87.5 Å². The maximum absolute atomic E-state index is 15.6. The van der Waals surface area contributed by atoms with E-state index in [2.05, 4.69) is 61.4 Å². The smallest absolute Gasteiger partial charge is 0.372 e. The molecule has 0 aliphatic rings. The molecule has 2 heterocycles. The highest BCUT2D eigenvalue weighted by Crippen LogP contribution is 2.44. The average molecular weight is 621 g/mol. The molecule has 0 radical (unpaired) electrons. The summed E-state index contributed by atoms with van der Waals surface area (Å²) in [6, 6.07) is 12.3. The Bertz CT molecular complexity index is 1390. The molecule has 1 unspecified atom stereocenters. The molecular formula is C27H30FIN2O4Si. The molecule has 6 nitrogen and oxygen atoms in total. The number of aromatic carboxylic acids is 1. The number of benzene rings is 2. The van der Waals surface area contributed by atoms with Gasteiger partial charge in [0.25, 0.3) is 0 Å². The van der Waals surface area contributed by atoms with Crippen molar-refractivity contribution in [3.8, 4) is 0 Å². The van der Waals surface area contributed by atoms with Gasteiger partial charge in [0.15, 0.2) is 8.32 Å². The third-order valence-electron chi connectivity index (χ3n) is 7.06. The van der Waals surface area contributed by atoms with E-state index in [1.54, 1.807) is 22.9 Å². The number of halogens is 2. The number of aromatic nitrogens is 2. The van der Waals surface area contributed by atoms with Crippen molar-refractivity contribution < 1.29 is 23.1 Å². The number of fused-ring (bicyclic) bond motifs is 1. The molecule has 0 bridgehead atoms. The van der Waals surface area contributed by atoms with Crippen LogP contribution < -0.4 is 0 Å². The lowest BCUT2D eigenvalue weighted by molar-refractivity contribution is 0.0673. The van der Waals surface area contributed by atoms with E-state index in [4.69, 9.17) is 8.84 Å². The zero-order valence-corrected chi connectivity index (χ0v) is 24.1. The molecule has 4 rings (SSSR count). The van der Waals surface area contributed by atoms with Crippen molar-refractivity contribution in [3.63, 3.8) is 0 Å². The van der Waals surface area contributed by atoms with Gasteiger partial charge in [-0.15, -0.1) is 0 Å². The van der Waals surface area contributed by atoms with Gasteiger partial charge in [-0.3, -0.25) is 0 Å². The Morgan fingerprint density at radius 3 is 2.61 bits per heavy atom. The SMILES string of the molecule is CC(C)(C)[Si](C)(C)OC(C[C@@H](c1ccccc1I)n1ccnc1C(=O)O)c1cc2ccoc2cc1F. The summed E-state index contributed by atoms with van der Waals surface area (Å²) in [5.41, 5.74) is 1.83. The molecule has 0 saturated heterocycles. The Kier molecular flexibility index (Phi) is 7.45. The highest BCUT2D eigenvalue weighted by molar-refractivity contribution is 14.1. The molecule has 0 aliphatic heterocycles. The van der Waals surface area contributed by atoms with Crippen LogP contribution in [-0.4, -0.2) is 28.9 Å². The lowest BCUT2D eigenvalue weighted by atomic mass is 9.95. The molecule has 1 N–H and O–H groups in total. The predicted molar refractivity (Wildman–Crippen MR) is 148 cm³/mol. The first kappa shape index (κ1) is 26.6. The van der Waals surface area contributed by atoms with Gasteiger partial charge in [-0.1, -0.05) is 39.0 Å². The number of rotatable bonds is 8. The molecular weight excluding hydrogens is 590 g/mol. The summed E-state index contributed by atoms with van der Waals surface area (Å²) in [4.78, 5) is 16.1. The lowest BCUT2D eigenvalue weighted by Crippen LogP contribution is -2.42. The van der Waals surface area contributed by atoms with Crippen molar-refractivity contribution in [2.45, 2.75) is 57.5 Å². The van der Waals surface area contributed by atoms with Gasteiger partial charge in [0.2, 0.25) is 5.82 Å². The Labute approximate surface area is 224 Å². The van der Waals surface area contributed by atoms with E-state index in [1.165, 1.54) is 18.5 Å². The van der Waals surface area contributed by atoms with Crippen molar-refractivity contribution in [1.82, 2.24) is 9.55 Å². The molecule has 2 atom stereocenters. The van der Waals surface area contributed by atoms with Crippen LogP contribution in [0.1, 0.15) is 61.1 Å². The van der Waals surface area contributed by atoms with E-state index in [9.17, 15) is 9.90 Å². The Morgan fingerprint density at radius 2 is 1.94 bits per heavy atom. The van der Waals surface area contributed by atoms with Gasteiger partial charge >= 0.3 is 5.97 Å². The molecule has 2 aromatic carbocycles. The molecule has 0 amide bonds. The molecule has 190 valence electrons. The zero-order valence-electron chi connectivity index (χ0n) is 21.0. The lowest BCUT2D eigenvalue weighted by Gasteiger charge is -2.40. The number of carboxylic acids is 1. The van der Waals surface area contributed by atoms with E-state index in [0.717, 1.165) is 14.5 Å². The van der Waals surface area contributed by atoms with E-state index in [1.807, 2.05) is 24.3 Å². The zero-order chi connectivity index (χ0) is 26.3. The summed E-state index contributed by atoms with van der Waals surface area (Å²) < 4.78 is 30.5. The Morgan fingerprint density at radius 1 is 1.22 bits per heavy atom. The number of carbonyl (C=O) groups is 1. The fourth-order valence-electron chi connectivity index (χ4n) is 4.09. The molecule has 2 aromatic heterocycles. The van der Waals surface area contributed by atoms with Gasteiger partial charge in [0, 0.05) is 39.4 Å². The number of nitrogens with zero attached hydrogens (tertiary/aromatic N) is 2. The Hall–Kier alpha value is -2.50. The van der Waals surface area contributed by atoms with Gasteiger partial charge in [-0.05, 0) is 64.5 Å². The maximum Gasteiger partial charge on any atom is 0.372 e. The van der Waals surface area contributed by atoms with Gasteiger partial charge in [0.05, 0.1) is 18.4 Å². The minimum Gasteiger partial charge on any atom is -0.475 e. The number of imidazole rings is 1. The molecule has 0 fully saturated rings. The monoisotopic (exact) mass is 620 g/mol. The fourth-order valence-corrected chi connectivity index (χ4v) is 6.12. The van der Waals surface area contributed by atoms with Crippen LogP contribution in [0.5, 0.6) is 0 Å².